The zero-order valence-electron chi connectivity index (χ0n) is 11.6. The molecule has 0 aromatic carbocycles. The van der Waals surface area contributed by atoms with E-state index < -0.39 is 0 Å². The molecule has 2 N–H and O–H groups in total. The topological polar surface area (TPSA) is 32.5 Å². The lowest BCUT2D eigenvalue weighted by atomic mass is 9.98. The molecule has 1 heterocycles. The SMILES string of the molecule is CCC1CN(CC(N)C2CCCC2)CCN1C. The minimum atomic E-state index is 0.415. The molecule has 0 aromatic heterocycles. The van der Waals surface area contributed by atoms with Gasteiger partial charge in [-0.1, -0.05) is 19.8 Å². The Morgan fingerprint density at radius 2 is 1.94 bits per heavy atom. The van der Waals surface area contributed by atoms with E-state index in [9.17, 15) is 0 Å². The Labute approximate surface area is 106 Å². The lowest BCUT2D eigenvalue weighted by Gasteiger charge is -2.40. The van der Waals surface area contributed by atoms with Gasteiger partial charge >= 0.3 is 0 Å². The number of rotatable bonds is 4. The fourth-order valence-electron chi connectivity index (χ4n) is 3.45. The van der Waals surface area contributed by atoms with Gasteiger partial charge in [-0.05, 0) is 32.2 Å². The number of hydrogen-bond donors (Lipinski definition) is 1. The molecule has 1 saturated carbocycles. The molecule has 2 unspecified atom stereocenters. The molecule has 1 saturated heterocycles. The van der Waals surface area contributed by atoms with Crippen molar-refractivity contribution in [3.63, 3.8) is 0 Å². The summed E-state index contributed by atoms with van der Waals surface area (Å²) in [5, 5.41) is 0. The summed E-state index contributed by atoms with van der Waals surface area (Å²) in [4.78, 5) is 5.09. The molecule has 2 fully saturated rings. The van der Waals surface area contributed by atoms with E-state index in [1.165, 1.54) is 51.7 Å². The third-order valence-corrected chi connectivity index (χ3v) is 4.81. The Kier molecular flexibility index (Phi) is 4.83. The van der Waals surface area contributed by atoms with Crippen molar-refractivity contribution in [3.05, 3.63) is 0 Å². The van der Waals surface area contributed by atoms with Crippen LogP contribution in [0.3, 0.4) is 0 Å². The summed E-state index contributed by atoms with van der Waals surface area (Å²) in [6.45, 7) is 7.04. The average Bonchev–Trinajstić information content (AvgIpc) is 2.85. The van der Waals surface area contributed by atoms with Crippen LogP contribution in [0.4, 0.5) is 0 Å². The number of likely N-dealkylation sites (N-methyl/N-ethyl adjacent to an activating group) is 1. The first-order valence-corrected chi connectivity index (χ1v) is 7.39. The van der Waals surface area contributed by atoms with Gasteiger partial charge < -0.3 is 10.6 Å². The molecule has 0 spiro atoms. The lowest BCUT2D eigenvalue weighted by Crippen LogP contribution is -2.54. The molecule has 17 heavy (non-hydrogen) atoms. The van der Waals surface area contributed by atoms with Gasteiger partial charge in [0.2, 0.25) is 0 Å². The maximum absolute atomic E-state index is 6.38. The summed E-state index contributed by atoms with van der Waals surface area (Å²) >= 11 is 0. The molecule has 2 atom stereocenters. The van der Waals surface area contributed by atoms with Crippen LogP contribution in [-0.2, 0) is 0 Å². The first kappa shape index (κ1) is 13.3. The first-order valence-electron chi connectivity index (χ1n) is 7.39. The zero-order chi connectivity index (χ0) is 12.3. The van der Waals surface area contributed by atoms with Crippen LogP contribution in [0, 0.1) is 5.92 Å². The fraction of sp³-hybridized carbons (Fsp3) is 1.00. The predicted molar refractivity (Wildman–Crippen MR) is 73.1 cm³/mol. The normalized spacial score (nSPS) is 30.9. The Hall–Kier alpha value is -0.120. The molecular formula is C14H29N3. The van der Waals surface area contributed by atoms with Gasteiger partial charge in [-0.25, -0.2) is 0 Å². The van der Waals surface area contributed by atoms with Crippen LogP contribution in [-0.4, -0.2) is 55.1 Å². The van der Waals surface area contributed by atoms with Crippen LogP contribution in [0.15, 0.2) is 0 Å². The van der Waals surface area contributed by atoms with E-state index in [2.05, 4.69) is 23.8 Å². The summed E-state index contributed by atoms with van der Waals surface area (Å²) in [6.07, 6.45) is 6.79. The Morgan fingerprint density at radius 3 is 2.59 bits per heavy atom. The van der Waals surface area contributed by atoms with E-state index >= 15 is 0 Å². The molecule has 0 aromatic rings. The number of hydrogen-bond acceptors (Lipinski definition) is 3. The highest BCUT2D eigenvalue weighted by Crippen LogP contribution is 2.27. The second-order valence-electron chi connectivity index (χ2n) is 6.01. The molecule has 2 rings (SSSR count). The van der Waals surface area contributed by atoms with Crippen molar-refractivity contribution >= 4 is 0 Å². The van der Waals surface area contributed by atoms with Crippen LogP contribution in [0.2, 0.25) is 0 Å². The van der Waals surface area contributed by atoms with E-state index in [0.717, 1.165) is 18.5 Å². The van der Waals surface area contributed by atoms with Gasteiger partial charge in [-0.15, -0.1) is 0 Å². The van der Waals surface area contributed by atoms with Crippen molar-refractivity contribution in [2.75, 3.05) is 33.2 Å². The van der Waals surface area contributed by atoms with Crippen molar-refractivity contribution in [2.45, 2.75) is 51.1 Å². The minimum Gasteiger partial charge on any atom is -0.326 e. The lowest BCUT2D eigenvalue weighted by molar-refractivity contribution is 0.0841. The Bertz CT molecular complexity index is 226. The van der Waals surface area contributed by atoms with Gasteiger partial charge in [0, 0.05) is 38.3 Å². The highest BCUT2D eigenvalue weighted by atomic mass is 15.3. The fourth-order valence-corrected chi connectivity index (χ4v) is 3.45. The van der Waals surface area contributed by atoms with Crippen LogP contribution >= 0.6 is 0 Å². The van der Waals surface area contributed by atoms with Gasteiger partial charge in [-0.3, -0.25) is 4.90 Å². The summed E-state index contributed by atoms with van der Waals surface area (Å²) in [5.74, 6) is 0.801. The predicted octanol–water partition coefficient (Wildman–Crippen LogP) is 1.53. The zero-order valence-corrected chi connectivity index (χ0v) is 11.6. The second-order valence-corrected chi connectivity index (χ2v) is 6.01. The summed E-state index contributed by atoms with van der Waals surface area (Å²) in [7, 11) is 2.25. The molecule has 2 aliphatic rings. The van der Waals surface area contributed by atoms with Crippen LogP contribution in [0.25, 0.3) is 0 Å². The smallest absolute Gasteiger partial charge is 0.0218 e. The van der Waals surface area contributed by atoms with Gasteiger partial charge in [0.15, 0.2) is 0 Å². The highest BCUT2D eigenvalue weighted by molar-refractivity contribution is 4.85. The van der Waals surface area contributed by atoms with E-state index in [0.29, 0.717) is 6.04 Å². The molecule has 0 amide bonds. The quantitative estimate of drug-likeness (QED) is 0.807. The maximum Gasteiger partial charge on any atom is 0.0218 e. The van der Waals surface area contributed by atoms with Crippen molar-refractivity contribution in [1.29, 1.82) is 0 Å². The van der Waals surface area contributed by atoms with Gasteiger partial charge in [-0.2, -0.15) is 0 Å². The van der Waals surface area contributed by atoms with E-state index in [-0.39, 0.29) is 0 Å². The monoisotopic (exact) mass is 239 g/mol. The van der Waals surface area contributed by atoms with Gasteiger partial charge in [0.05, 0.1) is 0 Å². The van der Waals surface area contributed by atoms with Crippen LogP contribution in [0.1, 0.15) is 39.0 Å². The Morgan fingerprint density at radius 1 is 1.24 bits per heavy atom. The van der Waals surface area contributed by atoms with E-state index in [1.807, 2.05) is 0 Å². The molecule has 0 radical (unpaired) electrons. The highest BCUT2D eigenvalue weighted by Gasteiger charge is 2.27. The van der Waals surface area contributed by atoms with Crippen molar-refractivity contribution < 1.29 is 0 Å². The average molecular weight is 239 g/mol. The van der Waals surface area contributed by atoms with Crippen molar-refractivity contribution in [1.82, 2.24) is 9.80 Å². The maximum atomic E-state index is 6.38. The van der Waals surface area contributed by atoms with E-state index in [4.69, 9.17) is 5.73 Å². The van der Waals surface area contributed by atoms with Gasteiger partial charge in [0.1, 0.15) is 0 Å². The molecule has 1 aliphatic heterocycles. The van der Waals surface area contributed by atoms with Crippen molar-refractivity contribution in [2.24, 2.45) is 11.7 Å². The van der Waals surface area contributed by atoms with Crippen LogP contribution in [0.5, 0.6) is 0 Å². The van der Waals surface area contributed by atoms with Crippen molar-refractivity contribution in [3.8, 4) is 0 Å². The molecule has 1 aliphatic carbocycles. The molecule has 3 heteroatoms. The largest absolute Gasteiger partial charge is 0.326 e. The number of piperazine rings is 1. The first-order chi connectivity index (χ1) is 8.20. The third-order valence-electron chi connectivity index (χ3n) is 4.81. The van der Waals surface area contributed by atoms with Gasteiger partial charge in [0.25, 0.3) is 0 Å². The summed E-state index contributed by atoms with van der Waals surface area (Å²) in [5.41, 5.74) is 6.38. The number of nitrogens with two attached hydrogens (primary N) is 1. The second kappa shape index (κ2) is 6.17. The van der Waals surface area contributed by atoms with Crippen LogP contribution < -0.4 is 5.73 Å². The molecular weight excluding hydrogens is 210 g/mol. The summed E-state index contributed by atoms with van der Waals surface area (Å²) in [6, 6.07) is 1.15. The molecule has 0 bridgehead atoms. The van der Waals surface area contributed by atoms with E-state index in [1.54, 1.807) is 0 Å². The number of nitrogens with zero attached hydrogens (tertiary/aromatic N) is 2. The standard InChI is InChI=1S/C14H29N3/c1-3-13-10-17(9-8-16(13)2)11-14(15)12-6-4-5-7-12/h12-14H,3-11,15H2,1-2H3. The molecule has 100 valence electrons. The third kappa shape index (κ3) is 3.43. The summed E-state index contributed by atoms with van der Waals surface area (Å²) < 4.78 is 0. The molecule has 3 nitrogen and oxygen atoms in total. The Balaban J connectivity index is 1.78. The minimum absolute atomic E-state index is 0.415.